The molecule has 0 spiro atoms. The highest BCUT2D eigenvalue weighted by Gasteiger charge is 2.25. The molecule has 1 aliphatic heterocycles. The third-order valence-electron chi connectivity index (χ3n) is 4.38. The maximum absolute atomic E-state index is 12.3. The van der Waals surface area contributed by atoms with E-state index in [1.54, 1.807) is 24.3 Å². The summed E-state index contributed by atoms with van der Waals surface area (Å²) in [6, 6.07) is 16.7. The topological polar surface area (TPSA) is 47.9 Å². The summed E-state index contributed by atoms with van der Waals surface area (Å²) in [4.78, 5) is 16.6. The Morgan fingerprint density at radius 3 is 2.47 bits per heavy atom. The summed E-state index contributed by atoms with van der Waals surface area (Å²) in [5.74, 6) is 0.299. The third-order valence-corrected chi connectivity index (χ3v) is 6.97. The smallest absolute Gasteiger partial charge is 0.363 e. The van der Waals surface area contributed by atoms with Gasteiger partial charge in [0, 0.05) is 9.13 Å². The second-order valence-corrected chi connectivity index (χ2v) is 10.5. The van der Waals surface area contributed by atoms with Gasteiger partial charge in [-0.05, 0) is 114 Å². The van der Waals surface area contributed by atoms with Crippen molar-refractivity contribution in [3.63, 3.8) is 0 Å². The number of cyclic esters (lactones) is 1. The molecule has 162 valence electrons. The van der Waals surface area contributed by atoms with Crippen LogP contribution >= 0.6 is 77.7 Å². The molecule has 0 radical (unpaired) electrons. The SMILES string of the molecule is O=C1OC(c2ccc(Cl)c(Cl)c2)=N/C1=C\c1cc(Br)c(OCc2cccc(I)c2)c(Br)c1. The number of rotatable bonds is 5. The summed E-state index contributed by atoms with van der Waals surface area (Å²) in [5.41, 5.74) is 2.56. The van der Waals surface area contributed by atoms with Crippen LogP contribution in [-0.4, -0.2) is 11.9 Å². The molecular formula is C23H12Br2Cl2INO3. The fourth-order valence-corrected chi connectivity index (χ4v) is 5.26. The number of ether oxygens (including phenoxy) is 2. The van der Waals surface area contributed by atoms with Gasteiger partial charge in [0.15, 0.2) is 5.70 Å². The van der Waals surface area contributed by atoms with Gasteiger partial charge in [-0.15, -0.1) is 0 Å². The quantitative estimate of drug-likeness (QED) is 0.153. The summed E-state index contributed by atoms with van der Waals surface area (Å²) in [6.45, 7) is 0.429. The highest BCUT2D eigenvalue weighted by molar-refractivity contribution is 14.1. The number of hydrogen-bond acceptors (Lipinski definition) is 4. The van der Waals surface area contributed by atoms with E-state index >= 15 is 0 Å². The second kappa shape index (κ2) is 10.3. The van der Waals surface area contributed by atoms with Crippen LogP contribution in [0.15, 0.2) is 74.2 Å². The summed E-state index contributed by atoms with van der Waals surface area (Å²) < 4.78 is 13.9. The molecule has 0 saturated carbocycles. The molecule has 0 aliphatic carbocycles. The average molecular weight is 708 g/mol. The normalized spacial score (nSPS) is 14.5. The van der Waals surface area contributed by atoms with Crippen LogP contribution in [0.2, 0.25) is 10.0 Å². The number of nitrogens with zero attached hydrogens (tertiary/aromatic N) is 1. The zero-order valence-electron chi connectivity index (χ0n) is 16.0. The Hall–Kier alpha value is -1.39. The molecular weight excluding hydrogens is 696 g/mol. The van der Waals surface area contributed by atoms with Crippen molar-refractivity contribution in [1.82, 2.24) is 0 Å². The molecule has 0 fully saturated rings. The van der Waals surface area contributed by atoms with Crippen molar-refractivity contribution in [3.05, 3.63) is 99.5 Å². The molecule has 3 aromatic rings. The Kier molecular flexibility index (Phi) is 7.62. The van der Waals surface area contributed by atoms with Crippen molar-refractivity contribution in [2.75, 3.05) is 0 Å². The first-order chi connectivity index (χ1) is 15.3. The number of benzene rings is 3. The molecule has 0 aromatic heterocycles. The van der Waals surface area contributed by atoms with Crippen LogP contribution < -0.4 is 4.74 Å². The molecule has 0 unspecified atom stereocenters. The fraction of sp³-hybridized carbons (Fsp3) is 0.0435. The van der Waals surface area contributed by atoms with Crippen LogP contribution in [0.3, 0.4) is 0 Å². The van der Waals surface area contributed by atoms with Crippen molar-refractivity contribution in [2.24, 2.45) is 4.99 Å². The second-order valence-electron chi connectivity index (χ2n) is 6.70. The molecule has 1 heterocycles. The first-order valence-corrected chi connectivity index (χ1v) is 12.6. The van der Waals surface area contributed by atoms with Gasteiger partial charge < -0.3 is 9.47 Å². The van der Waals surface area contributed by atoms with Crippen LogP contribution in [0.5, 0.6) is 5.75 Å². The number of carbonyl (C=O) groups is 1. The number of esters is 1. The van der Waals surface area contributed by atoms with Gasteiger partial charge in [-0.25, -0.2) is 9.79 Å². The number of carbonyl (C=O) groups excluding carboxylic acids is 1. The molecule has 3 aromatic carbocycles. The van der Waals surface area contributed by atoms with Gasteiger partial charge in [0.2, 0.25) is 5.90 Å². The monoisotopic (exact) mass is 705 g/mol. The Morgan fingerprint density at radius 2 is 1.78 bits per heavy atom. The summed E-state index contributed by atoms with van der Waals surface area (Å²) in [6.07, 6.45) is 1.64. The zero-order valence-corrected chi connectivity index (χ0v) is 22.9. The van der Waals surface area contributed by atoms with Gasteiger partial charge in [0.05, 0.1) is 19.0 Å². The predicted molar refractivity (Wildman–Crippen MR) is 142 cm³/mol. The van der Waals surface area contributed by atoms with E-state index in [4.69, 9.17) is 32.7 Å². The van der Waals surface area contributed by atoms with Gasteiger partial charge in [-0.2, -0.15) is 0 Å². The highest BCUT2D eigenvalue weighted by Crippen LogP contribution is 2.36. The molecule has 4 rings (SSSR count). The van der Waals surface area contributed by atoms with Crippen LogP contribution in [0.4, 0.5) is 0 Å². The third kappa shape index (κ3) is 5.56. The van der Waals surface area contributed by atoms with E-state index in [0.717, 1.165) is 23.6 Å². The molecule has 9 heteroatoms. The van der Waals surface area contributed by atoms with E-state index in [-0.39, 0.29) is 11.6 Å². The van der Waals surface area contributed by atoms with E-state index in [2.05, 4.69) is 65.5 Å². The summed E-state index contributed by atoms with van der Waals surface area (Å²) in [5, 5.41) is 0.768. The van der Waals surface area contributed by atoms with Crippen LogP contribution in [0.25, 0.3) is 6.08 Å². The number of halogens is 5. The molecule has 0 atom stereocenters. The minimum Gasteiger partial charge on any atom is -0.487 e. The Bertz CT molecular complexity index is 1270. The van der Waals surface area contributed by atoms with E-state index in [0.29, 0.717) is 28.0 Å². The van der Waals surface area contributed by atoms with Gasteiger partial charge >= 0.3 is 5.97 Å². The lowest BCUT2D eigenvalue weighted by atomic mass is 10.2. The molecule has 0 N–H and O–H groups in total. The maximum atomic E-state index is 12.3. The van der Waals surface area contributed by atoms with E-state index in [1.165, 1.54) is 0 Å². The Balaban J connectivity index is 1.56. The van der Waals surface area contributed by atoms with Crippen LogP contribution in [0.1, 0.15) is 16.7 Å². The molecule has 32 heavy (non-hydrogen) atoms. The Morgan fingerprint density at radius 1 is 1.03 bits per heavy atom. The molecule has 0 amide bonds. The van der Waals surface area contributed by atoms with Crippen LogP contribution in [0, 0.1) is 3.57 Å². The van der Waals surface area contributed by atoms with Gasteiger partial charge in [-0.1, -0.05) is 35.3 Å². The maximum Gasteiger partial charge on any atom is 0.363 e. The molecule has 1 aliphatic rings. The zero-order chi connectivity index (χ0) is 22.8. The van der Waals surface area contributed by atoms with Gasteiger partial charge in [0.1, 0.15) is 12.4 Å². The van der Waals surface area contributed by atoms with Crippen molar-refractivity contribution in [3.8, 4) is 5.75 Å². The van der Waals surface area contributed by atoms with Crippen LogP contribution in [-0.2, 0) is 16.1 Å². The van der Waals surface area contributed by atoms with E-state index in [9.17, 15) is 4.79 Å². The number of hydrogen-bond donors (Lipinski definition) is 0. The fourth-order valence-electron chi connectivity index (χ4n) is 2.90. The minimum atomic E-state index is -0.544. The first-order valence-electron chi connectivity index (χ1n) is 9.14. The first kappa shape index (κ1) is 23.8. The molecule has 0 saturated heterocycles. The highest BCUT2D eigenvalue weighted by atomic mass is 127. The molecule has 4 nitrogen and oxygen atoms in total. The van der Waals surface area contributed by atoms with E-state index < -0.39 is 5.97 Å². The van der Waals surface area contributed by atoms with Crippen molar-refractivity contribution < 1.29 is 14.3 Å². The minimum absolute atomic E-state index is 0.176. The lowest BCUT2D eigenvalue weighted by Crippen LogP contribution is -2.05. The van der Waals surface area contributed by atoms with Crippen molar-refractivity contribution in [1.29, 1.82) is 0 Å². The summed E-state index contributed by atoms with van der Waals surface area (Å²) in [7, 11) is 0. The lowest BCUT2D eigenvalue weighted by Gasteiger charge is -2.12. The summed E-state index contributed by atoms with van der Waals surface area (Å²) >= 11 is 21.4. The van der Waals surface area contributed by atoms with Crippen molar-refractivity contribution in [2.45, 2.75) is 6.61 Å². The predicted octanol–water partition coefficient (Wildman–Crippen LogP) is 8.05. The molecule has 0 bridgehead atoms. The number of aliphatic imine (C=N–C) groups is 1. The van der Waals surface area contributed by atoms with E-state index in [1.807, 2.05) is 30.3 Å². The van der Waals surface area contributed by atoms with Crippen molar-refractivity contribution >= 4 is 95.6 Å². The van der Waals surface area contributed by atoms with Gasteiger partial charge in [-0.3, -0.25) is 0 Å². The Labute approximate surface area is 225 Å². The average Bonchev–Trinajstić information content (AvgIpc) is 3.10. The largest absolute Gasteiger partial charge is 0.487 e. The standard InChI is InChI=1S/C23H12Br2Cl2INO3/c24-16-7-13(8-17(25)21(16)31-11-12-2-1-3-15(28)6-12)9-20-23(30)32-22(29-20)14-4-5-18(26)19(27)10-14/h1-10H,11H2/b20-9-. The van der Waals surface area contributed by atoms with Gasteiger partial charge in [0.25, 0.3) is 0 Å². The lowest BCUT2D eigenvalue weighted by molar-refractivity contribution is -0.129.